The van der Waals surface area contributed by atoms with Gasteiger partial charge in [0.05, 0.1) is 24.9 Å². The molecule has 0 amide bonds. The summed E-state index contributed by atoms with van der Waals surface area (Å²) in [7, 11) is 0. The molecule has 1 aliphatic heterocycles. The SMILES string of the molecule is CC[C@H]1N[C@@H](CO)[C@@H](O)[C@H](O)[C@H]1O. The molecule has 0 aromatic carbocycles. The van der Waals surface area contributed by atoms with Crippen molar-refractivity contribution < 1.29 is 20.4 Å². The van der Waals surface area contributed by atoms with E-state index in [0.29, 0.717) is 6.42 Å². The van der Waals surface area contributed by atoms with E-state index in [1.165, 1.54) is 0 Å². The zero-order valence-electron chi connectivity index (χ0n) is 7.59. The van der Waals surface area contributed by atoms with Crippen molar-refractivity contribution in [3.63, 3.8) is 0 Å². The van der Waals surface area contributed by atoms with E-state index >= 15 is 0 Å². The van der Waals surface area contributed by atoms with Gasteiger partial charge in [0, 0.05) is 6.04 Å². The maximum absolute atomic E-state index is 9.47. The number of aliphatic hydroxyl groups is 4. The minimum Gasteiger partial charge on any atom is -0.395 e. The second-order valence-corrected chi connectivity index (χ2v) is 3.44. The van der Waals surface area contributed by atoms with Crippen molar-refractivity contribution in [2.75, 3.05) is 6.61 Å². The van der Waals surface area contributed by atoms with Crippen LogP contribution in [0.5, 0.6) is 0 Å². The van der Waals surface area contributed by atoms with Crippen LogP contribution in [0.4, 0.5) is 0 Å². The number of rotatable bonds is 2. The van der Waals surface area contributed by atoms with Gasteiger partial charge in [-0.15, -0.1) is 0 Å². The highest BCUT2D eigenvalue weighted by molar-refractivity contribution is 4.97. The molecule has 5 nitrogen and oxygen atoms in total. The third-order valence-electron chi connectivity index (χ3n) is 2.59. The third kappa shape index (κ3) is 2.00. The van der Waals surface area contributed by atoms with Gasteiger partial charge in [-0.3, -0.25) is 0 Å². The van der Waals surface area contributed by atoms with Crippen LogP contribution in [-0.2, 0) is 0 Å². The summed E-state index contributed by atoms with van der Waals surface area (Å²) in [5, 5.41) is 40.0. The Morgan fingerprint density at radius 2 is 1.54 bits per heavy atom. The van der Waals surface area contributed by atoms with Crippen LogP contribution in [0.15, 0.2) is 0 Å². The molecule has 0 aliphatic carbocycles. The van der Waals surface area contributed by atoms with E-state index in [1.54, 1.807) is 0 Å². The van der Waals surface area contributed by atoms with Crippen LogP contribution in [0.2, 0.25) is 0 Å². The van der Waals surface area contributed by atoms with Gasteiger partial charge in [-0.25, -0.2) is 0 Å². The monoisotopic (exact) mass is 191 g/mol. The minimum absolute atomic E-state index is 0.249. The number of aliphatic hydroxyl groups excluding tert-OH is 4. The predicted molar refractivity (Wildman–Crippen MR) is 46.1 cm³/mol. The van der Waals surface area contributed by atoms with Gasteiger partial charge in [0.2, 0.25) is 0 Å². The fraction of sp³-hybridized carbons (Fsp3) is 1.00. The van der Waals surface area contributed by atoms with Crippen LogP contribution >= 0.6 is 0 Å². The Balaban J connectivity index is 2.66. The molecule has 78 valence electrons. The summed E-state index contributed by atoms with van der Waals surface area (Å²) in [6, 6.07) is -0.820. The third-order valence-corrected chi connectivity index (χ3v) is 2.59. The molecule has 0 radical (unpaired) electrons. The minimum atomic E-state index is -1.18. The summed E-state index contributed by atoms with van der Waals surface area (Å²) in [4.78, 5) is 0. The van der Waals surface area contributed by atoms with E-state index in [0.717, 1.165) is 0 Å². The molecule has 1 saturated heterocycles. The summed E-state index contributed by atoms with van der Waals surface area (Å²) in [6.45, 7) is 1.61. The van der Waals surface area contributed by atoms with Crippen molar-refractivity contribution in [1.29, 1.82) is 0 Å². The van der Waals surface area contributed by atoms with E-state index in [1.807, 2.05) is 6.92 Å². The lowest BCUT2D eigenvalue weighted by Crippen LogP contribution is -2.65. The Hall–Kier alpha value is -0.200. The van der Waals surface area contributed by atoms with E-state index in [4.69, 9.17) is 5.11 Å². The molecule has 1 rings (SSSR count). The zero-order chi connectivity index (χ0) is 10.0. The van der Waals surface area contributed by atoms with Crippen molar-refractivity contribution in [2.45, 2.75) is 43.7 Å². The molecule has 13 heavy (non-hydrogen) atoms. The first-order chi connectivity index (χ1) is 6.11. The highest BCUT2D eigenvalue weighted by Gasteiger charge is 2.40. The van der Waals surface area contributed by atoms with Crippen LogP contribution in [-0.4, -0.2) is 57.4 Å². The summed E-state index contributed by atoms with van der Waals surface area (Å²) in [5.74, 6) is 0. The van der Waals surface area contributed by atoms with Crippen molar-refractivity contribution in [3.05, 3.63) is 0 Å². The standard InChI is InChI=1S/C8H17NO4/c1-2-4-6(11)8(13)7(12)5(3-10)9-4/h4-13H,2-3H2,1H3/t4-,5+,6+,7-,8-/m1/s1. The van der Waals surface area contributed by atoms with Gasteiger partial charge in [0.25, 0.3) is 0 Å². The van der Waals surface area contributed by atoms with E-state index in [2.05, 4.69) is 5.32 Å². The summed E-state index contributed by atoms with van der Waals surface area (Å²) in [5.41, 5.74) is 0. The molecule has 0 saturated carbocycles. The lowest BCUT2D eigenvalue weighted by Gasteiger charge is -2.40. The fourth-order valence-corrected chi connectivity index (χ4v) is 1.67. The van der Waals surface area contributed by atoms with Crippen molar-refractivity contribution in [3.8, 4) is 0 Å². The maximum Gasteiger partial charge on any atom is 0.109 e. The Labute approximate surface area is 77.0 Å². The van der Waals surface area contributed by atoms with Gasteiger partial charge in [0.1, 0.15) is 6.10 Å². The Morgan fingerprint density at radius 1 is 1.00 bits per heavy atom. The molecule has 0 bridgehead atoms. The molecule has 0 aromatic heterocycles. The average molecular weight is 191 g/mol. The molecule has 0 spiro atoms. The first-order valence-electron chi connectivity index (χ1n) is 4.53. The zero-order valence-corrected chi connectivity index (χ0v) is 7.59. The van der Waals surface area contributed by atoms with Crippen LogP contribution in [0, 0.1) is 0 Å². The van der Waals surface area contributed by atoms with Crippen LogP contribution in [0.25, 0.3) is 0 Å². The largest absolute Gasteiger partial charge is 0.395 e. The Morgan fingerprint density at radius 3 is 2.00 bits per heavy atom. The fourth-order valence-electron chi connectivity index (χ4n) is 1.67. The highest BCUT2D eigenvalue weighted by atomic mass is 16.4. The lowest BCUT2D eigenvalue weighted by molar-refractivity contribution is -0.119. The quantitative estimate of drug-likeness (QED) is 0.342. The second-order valence-electron chi connectivity index (χ2n) is 3.44. The van der Waals surface area contributed by atoms with E-state index in [-0.39, 0.29) is 12.6 Å². The van der Waals surface area contributed by atoms with Crippen LogP contribution < -0.4 is 5.32 Å². The first-order valence-corrected chi connectivity index (χ1v) is 4.53. The summed E-state index contributed by atoms with van der Waals surface area (Å²) < 4.78 is 0. The number of nitrogens with one attached hydrogen (secondary N) is 1. The maximum atomic E-state index is 9.47. The van der Waals surface area contributed by atoms with Crippen LogP contribution in [0.3, 0.4) is 0 Å². The molecule has 0 aromatic rings. The van der Waals surface area contributed by atoms with Gasteiger partial charge in [0.15, 0.2) is 0 Å². The molecule has 0 unspecified atom stereocenters. The highest BCUT2D eigenvalue weighted by Crippen LogP contribution is 2.16. The summed E-state index contributed by atoms with van der Waals surface area (Å²) in [6.07, 6.45) is -2.62. The second kappa shape index (κ2) is 4.34. The van der Waals surface area contributed by atoms with Gasteiger partial charge >= 0.3 is 0 Å². The predicted octanol–water partition coefficient (Wildman–Crippen LogP) is -2.19. The average Bonchev–Trinajstić information content (AvgIpc) is 2.15. The molecule has 5 heteroatoms. The van der Waals surface area contributed by atoms with Crippen molar-refractivity contribution >= 4 is 0 Å². The van der Waals surface area contributed by atoms with E-state index < -0.39 is 24.4 Å². The number of hydrogen-bond donors (Lipinski definition) is 5. The first kappa shape index (κ1) is 10.9. The summed E-state index contributed by atoms with van der Waals surface area (Å²) >= 11 is 0. The molecule has 5 atom stereocenters. The number of piperidine rings is 1. The van der Waals surface area contributed by atoms with Gasteiger partial charge in [-0.2, -0.15) is 0 Å². The Kier molecular flexibility index (Phi) is 3.63. The van der Waals surface area contributed by atoms with Gasteiger partial charge < -0.3 is 25.7 Å². The molecule has 1 fully saturated rings. The lowest BCUT2D eigenvalue weighted by atomic mass is 9.89. The Bertz CT molecular complexity index is 146. The van der Waals surface area contributed by atoms with Crippen molar-refractivity contribution in [1.82, 2.24) is 5.32 Å². The number of hydrogen-bond acceptors (Lipinski definition) is 5. The molecule has 1 heterocycles. The molecular formula is C8H17NO4. The van der Waals surface area contributed by atoms with Crippen LogP contribution in [0.1, 0.15) is 13.3 Å². The molecule has 5 N–H and O–H groups in total. The smallest absolute Gasteiger partial charge is 0.109 e. The van der Waals surface area contributed by atoms with Gasteiger partial charge in [-0.05, 0) is 6.42 Å². The normalized spacial score (nSPS) is 46.4. The van der Waals surface area contributed by atoms with Gasteiger partial charge in [-0.1, -0.05) is 6.92 Å². The topological polar surface area (TPSA) is 93.0 Å². The molecule has 1 aliphatic rings. The molecular weight excluding hydrogens is 174 g/mol. The van der Waals surface area contributed by atoms with E-state index in [9.17, 15) is 15.3 Å². The van der Waals surface area contributed by atoms with Crippen molar-refractivity contribution in [2.24, 2.45) is 0 Å².